The standard InChI is InChI=1S/C13H19N3OS/c1-10-6-8-18-12(10)9-14-15-13(17)11-5-3-4-7-16(11)2/h6,8-9,11H,3-5,7H2,1-2H3,(H,15,17)/p+1. The van der Waals surface area contributed by atoms with Gasteiger partial charge in [-0.25, -0.2) is 5.43 Å². The first-order chi connectivity index (χ1) is 8.68. The number of nitrogens with zero attached hydrogens (tertiary/aromatic N) is 1. The Labute approximate surface area is 112 Å². The quantitative estimate of drug-likeness (QED) is 0.610. The molecule has 0 bridgehead atoms. The van der Waals surface area contributed by atoms with E-state index in [-0.39, 0.29) is 11.9 Å². The van der Waals surface area contributed by atoms with E-state index in [9.17, 15) is 4.79 Å². The fourth-order valence-corrected chi connectivity index (χ4v) is 3.06. The fraction of sp³-hybridized carbons (Fsp3) is 0.538. The van der Waals surface area contributed by atoms with Gasteiger partial charge in [0.2, 0.25) is 0 Å². The third-order valence-electron chi connectivity index (χ3n) is 3.48. The maximum absolute atomic E-state index is 12.0. The van der Waals surface area contributed by atoms with Crippen LogP contribution in [0.25, 0.3) is 0 Å². The van der Waals surface area contributed by atoms with Gasteiger partial charge in [-0.05, 0) is 36.8 Å². The molecule has 0 aliphatic carbocycles. The van der Waals surface area contributed by atoms with Gasteiger partial charge in [-0.15, -0.1) is 11.3 Å². The summed E-state index contributed by atoms with van der Waals surface area (Å²) < 4.78 is 0. The van der Waals surface area contributed by atoms with Gasteiger partial charge in [0, 0.05) is 11.3 Å². The molecule has 1 aromatic heterocycles. The van der Waals surface area contributed by atoms with E-state index in [0.717, 1.165) is 24.3 Å². The summed E-state index contributed by atoms with van der Waals surface area (Å²) in [5.41, 5.74) is 3.86. The average molecular weight is 266 g/mol. The molecule has 1 aliphatic rings. The van der Waals surface area contributed by atoms with Crippen molar-refractivity contribution in [3.05, 3.63) is 21.9 Å². The summed E-state index contributed by atoms with van der Waals surface area (Å²) in [7, 11) is 2.08. The van der Waals surface area contributed by atoms with E-state index in [2.05, 4.69) is 17.6 Å². The van der Waals surface area contributed by atoms with Crippen molar-refractivity contribution in [3.8, 4) is 0 Å². The van der Waals surface area contributed by atoms with Crippen LogP contribution < -0.4 is 10.3 Å². The molecule has 2 unspecified atom stereocenters. The number of aryl methyl sites for hydroxylation is 1. The molecule has 2 heterocycles. The van der Waals surface area contributed by atoms with Crippen LogP contribution in [0.5, 0.6) is 0 Å². The number of rotatable bonds is 3. The van der Waals surface area contributed by atoms with Crippen LogP contribution in [-0.4, -0.2) is 31.8 Å². The number of hydrogen-bond donors (Lipinski definition) is 2. The molecule has 4 nitrogen and oxygen atoms in total. The van der Waals surface area contributed by atoms with Crippen molar-refractivity contribution in [2.45, 2.75) is 32.2 Å². The number of hydrogen-bond acceptors (Lipinski definition) is 3. The van der Waals surface area contributed by atoms with Crippen LogP contribution in [0.15, 0.2) is 16.5 Å². The molecule has 2 N–H and O–H groups in total. The zero-order valence-corrected chi connectivity index (χ0v) is 11.7. The summed E-state index contributed by atoms with van der Waals surface area (Å²) in [5.74, 6) is 0.0395. The molecule has 1 saturated heterocycles. The Bertz CT molecular complexity index is 441. The lowest BCUT2D eigenvalue weighted by Gasteiger charge is -2.27. The number of likely N-dealkylation sites (tertiary alicyclic amines) is 1. The normalized spacial score (nSPS) is 24.3. The molecule has 2 atom stereocenters. The van der Waals surface area contributed by atoms with Gasteiger partial charge < -0.3 is 4.90 Å². The molecule has 0 aromatic carbocycles. The second kappa shape index (κ2) is 6.11. The fourth-order valence-electron chi connectivity index (χ4n) is 2.28. The first-order valence-electron chi connectivity index (χ1n) is 6.38. The molecule has 5 heteroatoms. The Morgan fingerprint density at radius 1 is 1.61 bits per heavy atom. The van der Waals surface area contributed by atoms with Gasteiger partial charge in [0.1, 0.15) is 0 Å². The van der Waals surface area contributed by atoms with E-state index < -0.39 is 0 Å². The van der Waals surface area contributed by atoms with Crippen LogP contribution in [0.2, 0.25) is 0 Å². The van der Waals surface area contributed by atoms with Gasteiger partial charge in [-0.1, -0.05) is 0 Å². The Balaban J connectivity index is 1.88. The smallest absolute Gasteiger partial charge is 0.298 e. The van der Waals surface area contributed by atoms with E-state index >= 15 is 0 Å². The third-order valence-corrected chi connectivity index (χ3v) is 4.44. The van der Waals surface area contributed by atoms with E-state index in [1.54, 1.807) is 17.6 Å². The van der Waals surface area contributed by atoms with Gasteiger partial charge >= 0.3 is 0 Å². The first kappa shape index (κ1) is 13.2. The number of likely N-dealkylation sites (N-methyl/N-ethyl adjacent to an activating group) is 1. The highest BCUT2D eigenvalue weighted by Crippen LogP contribution is 2.12. The predicted molar refractivity (Wildman–Crippen MR) is 74.2 cm³/mol. The molecule has 1 aliphatic heterocycles. The summed E-state index contributed by atoms with van der Waals surface area (Å²) in [4.78, 5) is 14.4. The minimum atomic E-state index is 0.0395. The average Bonchev–Trinajstić information content (AvgIpc) is 2.75. The monoisotopic (exact) mass is 266 g/mol. The number of quaternary nitrogens is 1. The second-order valence-electron chi connectivity index (χ2n) is 4.85. The molecule has 98 valence electrons. The van der Waals surface area contributed by atoms with E-state index in [4.69, 9.17) is 0 Å². The lowest BCUT2D eigenvalue weighted by atomic mass is 10.0. The second-order valence-corrected chi connectivity index (χ2v) is 5.79. The van der Waals surface area contributed by atoms with Gasteiger partial charge in [0.15, 0.2) is 6.04 Å². The van der Waals surface area contributed by atoms with Crippen LogP contribution in [0.3, 0.4) is 0 Å². The number of carbonyl (C=O) groups excluding carboxylic acids is 1. The molecule has 2 rings (SSSR count). The third kappa shape index (κ3) is 3.17. The SMILES string of the molecule is Cc1ccsc1C=NNC(=O)C1CCCC[NH+]1C. The molecule has 18 heavy (non-hydrogen) atoms. The van der Waals surface area contributed by atoms with Gasteiger partial charge in [0.05, 0.1) is 19.8 Å². The minimum absolute atomic E-state index is 0.0395. The molecule has 1 fully saturated rings. The molecule has 1 amide bonds. The maximum atomic E-state index is 12.0. The van der Waals surface area contributed by atoms with E-state index in [1.165, 1.54) is 16.9 Å². The van der Waals surface area contributed by atoms with E-state index in [0.29, 0.717) is 0 Å². The van der Waals surface area contributed by atoms with Crippen molar-refractivity contribution < 1.29 is 9.69 Å². The lowest BCUT2D eigenvalue weighted by molar-refractivity contribution is -0.901. The molecule has 0 spiro atoms. The zero-order chi connectivity index (χ0) is 13.0. The highest BCUT2D eigenvalue weighted by Gasteiger charge is 2.29. The highest BCUT2D eigenvalue weighted by atomic mass is 32.1. The highest BCUT2D eigenvalue weighted by molar-refractivity contribution is 7.11. The van der Waals surface area contributed by atoms with Crippen molar-refractivity contribution in [1.82, 2.24) is 5.43 Å². The molecular formula is C13H20N3OS+. The Morgan fingerprint density at radius 3 is 3.11 bits per heavy atom. The summed E-state index contributed by atoms with van der Waals surface area (Å²) in [6.45, 7) is 3.12. The van der Waals surface area contributed by atoms with Gasteiger partial charge in [0.25, 0.3) is 5.91 Å². The Hall–Kier alpha value is -1.20. The largest absolute Gasteiger partial charge is 0.327 e. The molecule has 0 radical (unpaired) electrons. The molecule has 0 saturated carbocycles. The Morgan fingerprint density at radius 2 is 2.44 bits per heavy atom. The van der Waals surface area contributed by atoms with Gasteiger partial charge in [-0.2, -0.15) is 5.10 Å². The summed E-state index contributed by atoms with van der Waals surface area (Å²) >= 11 is 1.63. The summed E-state index contributed by atoms with van der Waals surface area (Å²) in [5, 5.41) is 6.08. The van der Waals surface area contributed by atoms with Crippen molar-refractivity contribution >= 4 is 23.5 Å². The van der Waals surface area contributed by atoms with Crippen LogP contribution in [-0.2, 0) is 4.79 Å². The van der Waals surface area contributed by atoms with Crippen LogP contribution in [0.1, 0.15) is 29.7 Å². The van der Waals surface area contributed by atoms with Crippen molar-refractivity contribution in [2.24, 2.45) is 5.10 Å². The summed E-state index contributed by atoms with van der Waals surface area (Å²) in [6.07, 6.45) is 5.05. The van der Waals surface area contributed by atoms with Crippen LogP contribution in [0.4, 0.5) is 0 Å². The van der Waals surface area contributed by atoms with Crippen LogP contribution >= 0.6 is 11.3 Å². The first-order valence-corrected chi connectivity index (χ1v) is 7.26. The van der Waals surface area contributed by atoms with Crippen LogP contribution in [0, 0.1) is 6.92 Å². The Kier molecular flexibility index (Phi) is 4.49. The number of nitrogens with one attached hydrogen (secondary N) is 2. The predicted octanol–water partition coefficient (Wildman–Crippen LogP) is 0.574. The lowest BCUT2D eigenvalue weighted by Crippen LogP contribution is -3.15. The van der Waals surface area contributed by atoms with Gasteiger partial charge in [-0.3, -0.25) is 4.79 Å². The van der Waals surface area contributed by atoms with Crippen molar-refractivity contribution in [2.75, 3.05) is 13.6 Å². The topological polar surface area (TPSA) is 45.9 Å². The van der Waals surface area contributed by atoms with Crippen molar-refractivity contribution in [1.29, 1.82) is 0 Å². The number of carbonyl (C=O) groups is 1. The minimum Gasteiger partial charge on any atom is -0.327 e. The maximum Gasteiger partial charge on any atom is 0.298 e. The number of amides is 1. The zero-order valence-electron chi connectivity index (χ0n) is 10.9. The van der Waals surface area contributed by atoms with E-state index in [1.807, 2.05) is 18.4 Å². The molecular weight excluding hydrogens is 246 g/mol. The van der Waals surface area contributed by atoms with Crippen molar-refractivity contribution in [3.63, 3.8) is 0 Å². The summed E-state index contributed by atoms with van der Waals surface area (Å²) in [6, 6.07) is 2.10. The number of hydrazone groups is 1. The number of thiophene rings is 1. The number of piperidine rings is 1. The molecule has 1 aromatic rings.